The number of ketones is 1. The highest BCUT2D eigenvalue weighted by Crippen LogP contribution is 2.31. The first kappa shape index (κ1) is 15.5. The smallest absolute Gasteiger partial charge is 0.256 e. The normalized spacial score (nSPS) is 21.7. The Morgan fingerprint density at radius 3 is 2.95 bits per heavy atom. The molecule has 0 spiro atoms. The van der Waals surface area contributed by atoms with E-state index in [1.807, 2.05) is 19.1 Å². The summed E-state index contributed by atoms with van der Waals surface area (Å²) in [6.07, 6.45) is 2.82. The van der Waals surface area contributed by atoms with E-state index in [1.54, 1.807) is 11.0 Å². The highest BCUT2D eigenvalue weighted by molar-refractivity contribution is 6.33. The summed E-state index contributed by atoms with van der Waals surface area (Å²) in [5, 5.41) is -0.482. The summed E-state index contributed by atoms with van der Waals surface area (Å²) in [5.41, 5.74) is 2.57. The van der Waals surface area contributed by atoms with Crippen LogP contribution in [0.1, 0.15) is 42.1 Å². The summed E-state index contributed by atoms with van der Waals surface area (Å²) >= 11 is 6.04. The van der Waals surface area contributed by atoms with Gasteiger partial charge in [-0.05, 0) is 49.4 Å². The van der Waals surface area contributed by atoms with Crippen LogP contribution in [0.3, 0.4) is 0 Å². The average molecular weight is 322 g/mol. The molecular weight excluding hydrogens is 302 g/mol. The zero-order valence-electron chi connectivity index (χ0n) is 12.7. The minimum atomic E-state index is -0.482. The molecule has 2 aliphatic heterocycles. The summed E-state index contributed by atoms with van der Waals surface area (Å²) in [6, 6.07) is 5.51. The summed E-state index contributed by atoms with van der Waals surface area (Å²) in [6.45, 7) is 3.22. The van der Waals surface area contributed by atoms with Crippen molar-refractivity contribution in [2.45, 2.75) is 44.1 Å². The molecule has 2 unspecified atom stereocenters. The number of Topliss-reactive ketones (excluding diaryl/α,β-unsaturated/α-hetero) is 1. The second-order valence-corrected chi connectivity index (χ2v) is 6.35. The van der Waals surface area contributed by atoms with Gasteiger partial charge in [0.05, 0.1) is 5.38 Å². The number of rotatable bonds is 4. The van der Waals surface area contributed by atoms with Gasteiger partial charge in [0.25, 0.3) is 5.91 Å². The molecule has 0 bridgehead atoms. The van der Waals surface area contributed by atoms with E-state index in [0.717, 1.165) is 30.5 Å². The van der Waals surface area contributed by atoms with Gasteiger partial charge in [-0.25, -0.2) is 0 Å². The molecule has 1 amide bonds. The molecule has 1 fully saturated rings. The third-order valence-electron chi connectivity index (χ3n) is 4.37. The van der Waals surface area contributed by atoms with Gasteiger partial charge in [0.15, 0.2) is 5.78 Å². The summed E-state index contributed by atoms with van der Waals surface area (Å²) in [5.74, 6) is -0.00465. The molecule has 3 rings (SSSR count). The minimum Gasteiger partial charge on any atom is -0.368 e. The molecule has 2 atom stereocenters. The monoisotopic (exact) mass is 321 g/mol. The highest BCUT2D eigenvalue weighted by atomic mass is 35.5. The highest BCUT2D eigenvalue weighted by Gasteiger charge is 2.33. The first-order valence-corrected chi connectivity index (χ1v) is 8.29. The van der Waals surface area contributed by atoms with Crippen molar-refractivity contribution in [1.29, 1.82) is 0 Å². The lowest BCUT2D eigenvalue weighted by atomic mass is 10.0. The first-order chi connectivity index (χ1) is 10.6. The number of alkyl halides is 1. The molecule has 1 aromatic carbocycles. The van der Waals surface area contributed by atoms with Gasteiger partial charge in [0.2, 0.25) is 0 Å². The maximum absolute atomic E-state index is 12.5. The van der Waals surface area contributed by atoms with Crippen LogP contribution in [-0.2, 0) is 16.0 Å². The van der Waals surface area contributed by atoms with Crippen LogP contribution in [0.15, 0.2) is 18.2 Å². The molecule has 0 N–H and O–H groups in total. The van der Waals surface area contributed by atoms with Crippen LogP contribution in [0.25, 0.3) is 0 Å². The Morgan fingerprint density at radius 1 is 1.45 bits per heavy atom. The molecule has 0 saturated carbocycles. The Hall–Kier alpha value is -1.39. The predicted molar refractivity (Wildman–Crippen MR) is 85.7 cm³/mol. The average Bonchev–Trinajstić information content (AvgIpc) is 3.21. The van der Waals surface area contributed by atoms with Crippen LogP contribution in [0.2, 0.25) is 0 Å². The van der Waals surface area contributed by atoms with Crippen LogP contribution in [0.4, 0.5) is 5.69 Å². The number of ether oxygens (including phenoxy) is 1. The molecule has 1 aromatic rings. The lowest BCUT2D eigenvalue weighted by Gasteiger charge is -2.21. The molecule has 5 heteroatoms. The van der Waals surface area contributed by atoms with E-state index in [1.165, 1.54) is 0 Å². The van der Waals surface area contributed by atoms with Gasteiger partial charge in [0, 0.05) is 24.4 Å². The number of fused-ring (bicyclic) bond motifs is 1. The number of hydrogen-bond donors (Lipinski definition) is 0. The van der Waals surface area contributed by atoms with E-state index in [2.05, 4.69) is 0 Å². The van der Waals surface area contributed by atoms with E-state index in [9.17, 15) is 9.59 Å². The molecule has 4 nitrogen and oxygen atoms in total. The molecule has 0 aromatic heterocycles. The third kappa shape index (κ3) is 2.77. The van der Waals surface area contributed by atoms with Crippen LogP contribution < -0.4 is 4.90 Å². The number of carbonyl (C=O) groups excluding carboxylic acids is 2. The number of amides is 1. The van der Waals surface area contributed by atoms with E-state index < -0.39 is 5.38 Å². The fraction of sp³-hybridized carbons (Fsp3) is 0.529. The summed E-state index contributed by atoms with van der Waals surface area (Å²) in [7, 11) is 0. The number of nitrogens with zero attached hydrogens (tertiary/aromatic N) is 1. The number of anilines is 1. The molecular formula is C17H20ClNO3. The van der Waals surface area contributed by atoms with Crippen molar-refractivity contribution >= 4 is 29.0 Å². The van der Waals surface area contributed by atoms with Gasteiger partial charge < -0.3 is 9.64 Å². The number of carbonyl (C=O) groups is 2. The number of benzene rings is 1. The summed E-state index contributed by atoms with van der Waals surface area (Å²) < 4.78 is 5.49. The van der Waals surface area contributed by atoms with Gasteiger partial charge in [-0.1, -0.05) is 6.92 Å². The molecule has 2 aliphatic rings. The lowest BCUT2D eigenvalue weighted by molar-refractivity contribution is -0.127. The van der Waals surface area contributed by atoms with Crippen molar-refractivity contribution in [3.63, 3.8) is 0 Å². The van der Waals surface area contributed by atoms with Crippen LogP contribution in [0.5, 0.6) is 0 Å². The quantitative estimate of drug-likeness (QED) is 0.632. The fourth-order valence-electron chi connectivity index (χ4n) is 3.10. The van der Waals surface area contributed by atoms with E-state index in [4.69, 9.17) is 16.3 Å². The Kier molecular flexibility index (Phi) is 4.50. The zero-order valence-corrected chi connectivity index (χ0v) is 13.4. The fourth-order valence-corrected chi connectivity index (χ4v) is 3.22. The zero-order chi connectivity index (χ0) is 15.7. The maximum Gasteiger partial charge on any atom is 0.256 e. The van der Waals surface area contributed by atoms with E-state index in [0.29, 0.717) is 25.1 Å². The van der Waals surface area contributed by atoms with Crippen molar-refractivity contribution in [2.75, 3.05) is 18.1 Å². The minimum absolute atomic E-state index is 0.0408. The van der Waals surface area contributed by atoms with Gasteiger partial charge in [-0.2, -0.15) is 0 Å². The van der Waals surface area contributed by atoms with Gasteiger partial charge >= 0.3 is 0 Å². The first-order valence-electron chi connectivity index (χ1n) is 7.86. The molecule has 0 radical (unpaired) electrons. The van der Waals surface area contributed by atoms with Gasteiger partial charge in [-0.3, -0.25) is 9.59 Å². The summed E-state index contributed by atoms with van der Waals surface area (Å²) in [4.78, 5) is 26.5. The standard InChI is InChI=1S/C17H20ClNO3/c1-2-13(18)16(20)12-5-6-14-11(10-12)7-8-19(14)17(21)15-4-3-9-22-15/h5-6,10,13,15H,2-4,7-9H2,1H3. The topological polar surface area (TPSA) is 46.6 Å². The van der Waals surface area contributed by atoms with Gasteiger partial charge in [0.1, 0.15) is 6.10 Å². The molecule has 0 aliphatic carbocycles. The van der Waals surface area contributed by atoms with Crippen LogP contribution >= 0.6 is 11.6 Å². The second kappa shape index (κ2) is 6.39. The number of halogens is 1. The maximum atomic E-state index is 12.5. The van der Waals surface area contributed by atoms with Crippen molar-refractivity contribution in [3.05, 3.63) is 29.3 Å². The van der Waals surface area contributed by atoms with E-state index in [-0.39, 0.29) is 17.8 Å². The second-order valence-electron chi connectivity index (χ2n) is 5.83. The van der Waals surface area contributed by atoms with Crippen molar-refractivity contribution in [3.8, 4) is 0 Å². The Balaban J connectivity index is 1.80. The third-order valence-corrected chi connectivity index (χ3v) is 4.88. The van der Waals surface area contributed by atoms with Crippen molar-refractivity contribution in [2.24, 2.45) is 0 Å². The van der Waals surface area contributed by atoms with Crippen LogP contribution in [0, 0.1) is 0 Å². The number of hydrogen-bond acceptors (Lipinski definition) is 3. The van der Waals surface area contributed by atoms with Crippen molar-refractivity contribution in [1.82, 2.24) is 0 Å². The van der Waals surface area contributed by atoms with Gasteiger partial charge in [-0.15, -0.1) is 11.6 Å². The molecule has 2 heterocycles. The largest absolute Gasteiger partial charge is 0.368 e. The predicted octanol–water partition coefficient (Wildman–Crippen LogP) is 2.95. The van der Waals surface area contributed by atoms with Crippen molar-refractivity contribution < 1.29 is 14.3 Å². The Labute approximate surface area is 135 Å². The molecule has 1 saturated heterocycles. The lowest BCUT2D eigenvalue weighted by Crippen LogP contribution is -2.37. The van der Waals surface area contributed by atoms with E-state index >= 15 is 0 Å². The molecule has 22 heavy (non-hydrogen) atoms. The SMILES string of the molecule is CCC(Cl)C(=O)c1ccc2c(c1)CCN2C(=O)C1CCCO1. The van der Waals surface area contributed by atoms with Crippen LogP contribution in [-0.4, -0.2) is 36.3 Å². The Morgan fingerprint density at radius 2 is 2.27 bits per heavy atom. The molecule has 118 valence electrons. The Bertz CT molecular complexity index is 596.